The van der Waals surface area contributed by atoms with Gasteiger partial charge >= 0.3 is 0 Å². The zero-order valence-electron chi connectivity index (χ0n) is 14.5. The average Bonchev–Trinajstić information content (AvgIpc) is 2.63. The summed E-state index contributed by atoms with van der Waals surface area (Å²) in [7, 11) is 0. The number of hydrogen-bond acceptors (Lipinski definition) is 4. The molecule has 27 heavy (non-hydrogen) atoms. The molecule has 6 nitrogen and oxygen atoms in total. The molecule has 1 aromatic heterocycles. The molecule has 0 radical (unpaired) electrons. The number of amides is 2. The Morgan fingerprint density at radius 3 is 2.44 bits per heavy atom. The molecule has 0 unspecified atom stereocenters. The molecule has 2 aromatic carbocycles. The van der Waals surface area contributed by atoms with Gasteiger partial charge in [-0.25, -0.2) is 0 Å². The molecule has 0 aliphatic rings. The normalized spacial score (nSPS) is 10.1. The minimum Gasteiger partial charge on any atom is -0.354 e. The molecule has 2 amide bonds. The van der Waals surface area contributed by atoms with Crippen molar-refractivity contribution in [1.82, 2.24) is 4.98 Å². The molecule has 7 heteroatoms. The fourth-order valence-electron chi connectivity index (χ4n) is 2.43. The van der Waals surface area contributed by atoms with Crippen molar-refractivity contribution < 1.29 is 9.59 Å². The first-order chi connectivity index (χ1) is 13.0. The van der Waals surface area contributed by atoms with Crippen molar-refractivity contribution in [2.75, 3.05) is 16.0 Å². The maximum absolute atomic E-state index is 12.5. The second-order valence-electron chi connectivity index (χ2n) is 5.78. The van der Waals surface area contributed by atoms with E-state index in [1.807, 2.05) is 12.1 Å². The van der Waals surface area contributed by atoms with Gasteiger partial charge in [0.2, 0.25) is 5.91 Å². The van der Waals surface area contributed by atoms with Gasteiger partial charge < -0.3 is 16.0 Å². The summed E-state index contributed by atoms with van der Waals surface area (Å²) in [6, 6.07) is 15.9. The summed E-state index contributed by atoms with van der Waals surface area (Å²) in [4.78, 5) is 27.8. The van der Waals surface area contributed by atoms with E-state index in [1.165, 1.54) is 13.1 Å². The van der Waals surface area contributed by atoms with Crippen LogP contribution in [0.1, 0.15) is 17.3 Å². The van der Waals surface area contributed by atoms with E-state index in [2.05, 4.69) is 20.9 Å². The highest BCUT2D eigenvalue weighted by atomic mass is 35.5. The number of hydrogen-bond donors (Lipinski definition) is 3. The van der Waals surface area contributed by atoms with Gasteiger partial charge in [-0.3, -0.25) is 14.6 Å². The standard InChI is InChI=1S/C20H17ClN4O2/c1-13(26)23-15-5-4-6-16(10-15)24-17-9-14(11-22-12-17)20(27)25-19-8-3-2-7-18(19)21/h2-12,24H,1H3,(H,23,26)(H,25,27). The molecule has 0 bridgehead atoms. The first kappa shape index (κ1) is 18.4. The number of anilines is 4. The van der Waals surface area contributed by atoms with Crippen molar-refractivity contribution in [3.8, 4) is 0 Å². The molecule has 3 aromatic rings. The summed E-state index contributed by atoms with van der Waals surface area (Å²) >= 11 is 6.07. The van der Waals surface area contributed by atoms with Crippen LogP contribution in [0.3, 0.4) is 0 Å². The van der Waals surface area contributed by atoms with Gasteiger partial charge in [0.15, 0.2) is 0 Å². The van der Waals surface area contributed by atoms with E-state index in [-0.39, 0.29) is 11.8 Å². The zero-order valence-corrected chi connectivity index (χ0v) is 15.2. The van der Waals surface area contributed by atoms with Gasteiger partial charge in [0.05, 0.1) is 28.2 Å². The molecular weight excluding hydrogens is 364 g/mol. The van der Waals surface area contributed by atoms with E-state index in [9.17, 15) is 9.59 Å². The van der Waals surface area contributed by atoms with E-state index in [4.69, 9.17) is 11.6 Å². The van der Waals surface area contributed by atoms with Gasteiger partial charge in [-0.2, -0.15) is 0 Å². The molecule has 3 N–H and O–H groups in total. The van der Waals surface area contributed by atoms with Crippen LogP contribution in [0.2, 0.25) is 5.02 Å². The number of pyridine rings is 1. The van der Waals surface area contributed by atoms with E-state index >= 15 is 0 Å². The summed E-state index contributed by atoms with van der Waals surface area (Å²) in [6.07, 6.45) is 3.09. The Hall–Kier alpha value is -3.38. The fourth-order valence-corrected chi connectivity index (χ4v) is 2.62. The maximum atomic E-state index is 12.5. The number of nitrogens with zero attached hydrogens (tertiary/aromatic N) is 1. The SMILES string of the molecule is CC(=O)Nc1cccc(Nc2cncc(C(=O)Nc3ccccc3Cl)c2)c1. The number of para-hydroxylation sites is 1. The number of aromatic nitrogens is 1. The minimum atomic E-state index is -0.314. The molecule has 0 saturated heterocycles. The Balaban J connectivity index is 1.75. The molecule has 1 heterocycles. The zero-order chi connectivity index (χ0) is 19.2. The smallest absolute Gasteiger partial charge is 0.257 e. The molecular formula is C20H17ClN4O2. The number of benzene rings is 2. The van der Waals surface area contributed by atoms with Crippen LogP contribution in [0.5, 0.6) is 0 Å². The maximum Gasteiger partial charge on any atom is 0.257 e. The fraction of sp³-hybridized carbons (Fsp3) is 0.0500. The van der Waals surface area contributed by atoms with Crippen LogP contribution in [-0.2, 0) is 4.79 Å². The highest BCUT2D eigenvalue weighted by Gasteiger charge is 2.10. The lowest BCUT2D eigenvalue weighted by Crippen LogP contribution is -2.12. The molecule has 136 valence electrons. The van der Waals surface area contributed by atoms with Crippen LogP contribution >= 0.6 is 11.6 Å². The molecule has 0 aliphatic heterocycles. The third-order valence-electron chi connectivity index (χ3n) is 3.59. The molecule has 0 spiro atoms. The molecule has 0 aliphatic carbocycles. The van der Waals surface area contributed by atoms with Gasteiger partial charge in [-0.1, -0.05) is 29.8 Å². The van der Waals surface area contributed by atoms with Gasteiger partial charge in [0, 0.05) is 24.5 Å². The highest BCUT2D eigenvalue weighted by Crippen LogP contribution is 2.23. The van der Waals surface area contributed by atoms with Crippen molar-refractivity contribution >= 4 is 46.2 Å². The van der Waals surface area contributed by atoms with E-state index < -0.39 is 0 Å². The van der Waals surface area contributed by atoms with Crippen LogP contribution in [0.15, 0.2) is 67.0 Å². The molecule has 3 rings (SSSR count). The van der Waals surface area contributed by atoms with Crippen molar-refractivity contribution in [3.05, 3.63) is 77.6 Å². The predicted octanol–water partition coefficient (Wildman–Crippen LogP) is 4.69. The lowest BCUT2D eigenvalue weighted by Gasteiger charge is -2.10. The number of rotatable bonds is 5. The van der Waals surface area contributed by atoms with Crippen LogP contribution < -0.4 is 16.0 Å². The van der Waals surface area contributed by atoms with Gasteiger partial charge in [-0.15, -0.1) is 0 Å². The Morgan fingerprint density at radius 2 is 1.67 bits per heavy atom. The minimum absolute atomic E-state index is 0.146. The number of carbonyl (C=O) groups is 2. The van der Waals surface area contributed by atoms with Crippen LogP contribution in [0.25, 0.3) is 0 Å². The lowest BCUT2D eigenvalue weighted by atomic mass is 10.2. The average molecular weight is 381 g/mol. The molecule has 0 atom stereocenters. The Morgan fingerprint density at radius 1 is 0.889 bits per heavy atom. The molecule has 0 fully saturated rings. The van der Waals surface area contributed by atoms with Crippen LogP contribution in [0, 0.1) is 0 Å². The second kappa shape index (κ2) is 8.33. The van der Waals surface area contributed by atoms with Gasteiger partial charge in [0.1, 0.15) is 0 Å². The summed E-state index contributed by atoms with van der Waals surface area (Å²) in [6.45, 7) is 1.45. The number of halogens is 1. The first-order valence-electron chi connectivity index (χ1n) is 8.17. The van der Waals surface area contributed by atoms with Crippen molar-refractivity contribution in [3.63, 3.8) is 0 Å². The predicted molar refractivity (Wildman–Crippen MR) is 108 cm³/mol. The van der Waals surface area contributed by atoms with Crippen molar-refractivity contribution in [1.29, 1.82) is 0 Å². The number of carbonyl (C=O) groups excluding carboxylic acids is 2. The Labute approximate surface area is 161 Å². The quantitative estimate of drug-likeness (QED) is 0.599. The third kappa shape index (κ3) is 5.05. The highest BCUT2D eigenvalue weighted by molar-refractivity contribution is 6.33. The molecule has 0 saturated carbocycles. The summed E-state index contributed by atoms with van der Waals surface area (Å²) < 4.78 is 0. The van der Waals surface area contributed by atoms with Crippen LogP contribution in [-0.4, -0.2) is 16.8 Å². The monoisotopic (exact) mass is 380 g/mol. The third-order valence-corrected chi connectivity index (χ3v) is 3.92. The van der Waals surface area contributed by atoms with Crippen molar-refractivity contribution in [2.45, 2.75) is 6.92 Å². The van der Waals surface area contributed by atoms with E-state index in [1.54, 1.807) is 48.7 Å². The summed E-state index contributed by atoms with van der Waals surface area (Å²) in [5.41, 5.74) is 2.99. The van der Waals surface area contributed by atoms with Gasteiger partial charge in [-0.05, 0) is 36.4 Å². The second-order valence-corrected chi connectivity index (χ2v) is 6.19. The lowest BCUT2D eigenvalue weighted by molar-refractivity contribution is -0.114. The van der Waals surface area contributed by atoms with E-state index in [0.29, 0.717) is 27.6 Å². The number of nitrogens with one attached hydrogen (secondary N) is 3. The Kier molecular flexibility index (Phi) is 5.68. The summed E-state index contributed by atoms with van der Waals surface area (Å²) in [5.74, 6) is -0.460. The topological polar surface area (TPSA) is 83.1 Å². The summed E-state index contributed by atoms with van der Waals surface area (Å²) in [5, 5.41) is 9.11. The Bertz CT molecular complexity index is 991. The van der Waals surface area contributed by atoms with Crippen molar-refractivity contribution in [2.24, 2.45) is 0 Å². The van der Waals surface area contributed by atoms with E-state index in [0.717, 1.165) is 5.69 Å². The largest absolute Gasteiger partial charge is 0.354 e. The first-order valence-corrected chi connectivity index (χ1v) is 8.55. The van der Waals surface area contributed by atoms with Gasteiger partial charge in [0.25, 0.3) is 5.91 Å². The van der Waals surface area contributed by atoms with Crippen LogP contribution in [0.4, 0.5) is 22.7 Å².